The van der Waals surface area contributed by atoms with Gasteiger partial charge in [0.05, 0.1) is 25.4 Å². The highest BCUT2D eigenvalue weighted by Gasteiger charge is 2.29. The van der Waals surface area contributed by atoms with Crippen LogP contribution in [0.4, 0.5) is 8.78 Å². The van der Waals surface area contributed by atoms with E-state index >= 15 is 0 Å². The highest BCUT2D eigenvalue weighted by atomic mass is 19.3. The number of alkyl halides is 2. The topological polar surface area (TPSA) is 32.7 Å². The van der Waals surface area contributed by atoms with E-state index in [1.807, 2.05) is 11.9 Å². The van der Waals surface area contributed by atoms with Crippen molar-refractivity contribution in [2.24, 2.45) is 0 Å². The highest BCUT2D eigenvalue weighted by Crippen LogP contribution is 2.20. The van der Waals surface area contributed by atoms with Crippen LogP contribution in [-0.4, -0.2) is 42.4 Å². The lowest BCUT2D eigenvalue weighted by Crippen LogP contribution is -2.39. The Labute approximate surface area is 105 Å². The van der Waals surface area contributed by atoms with E-state index in [1.165, 1.54) is 12.1 Å². The van der Waals surface area contributed by atoms with E-state index in [0.29, 0.717) is 19.8 Å². The fourth-order valence-corrected chi connectivity index (χ4v) is 2.13. The first-order valence-electron chi connectivity index (χ1n) is 5.91. The van der Waals surface area contributed by atoms with Gasteiger partial charge in [-0.3, -0.25) is 4.90 Å². The Bertz CT molecular complexity index is 383. The predicted octanol–water partition coefficient (Wildman–Crippen LogP) is 1.82. The van der Waals surface area contributed by atoms with Gasteiger partial charge in [0, 0.05) is 12.1 Å². The first kappa shape index (κ1) is 13.4. The minimum absolute atomic E-state index is 0.0280. The minimum atomic E-state index is -2.43. The van der Waals surface area contributed by atoms with Gasteiger partial charge in [0.2, 0.25) is 0 Å². The minimum Gasteiger partial charge on any atom is -0.389 e. The number of nitrogens with zero attached hydrogens (tertiary/aromatic N) is 1. The summed E-state index contributed by atoms with van der Waals surface area (Å²) >= 11 is 0. The Hall–Kier alpha value is -1.04. The molecule has 0 aromatic heterocycles. The van der Waals surface area contributed by atoms with Crippen LogP contribution in [0.25, 0.3) is 0 Å². The molecule has 1 fully saturated rings. The molecule has 1 aliphatic rings. The Kier molecular flexibility index (Phi) is 4.27. The quantitative estimate of drug-likeness (QED) is 0.893. The number of benzene rings is 1. The maximum Gasteiger partial charge on any atom is 0.263 e. The predicted molar refractivity (Wildman–Crippen MR) is 63.5 cm³/mol. The van der Waals surface area contributed by atoms with E-state index in [4.69, 9.17) is 4.74 Å². The molecule has 1 aromatic carbocycles. The molecule has 1 N–H and O–H groups in total. The van der Waals surface area contributed by atoms with Crippen LogP contribution in [0.1, 0.15) is 17.6 Å². The highest BCUT2D eigenvalue weighted by molar-refractivity contribution is 5.23. The summed E-state index contributed by atoms with van der Waals surface area (Å²) in [5, 5.41) is 9.69. The summed E-state index contributed by atoms with van der Waals surface area (Å²) in [6.07, 6.45) is -2.91. The fourth-order valence-electron chi connectivity index (χ4n) is 2.13. The molecule has 2 rings (SSSR count). The summed E-state index contributed by atoms with van der Waals surface area (Å²) in [5.74, 6) is 0. The molecule has 0 unspecified atom stereocenters. The van der Waals surface area contributed by atoms with Gasteiger partial charge in [0.25, 0.3) is 6.43 Å². The number of hydrogen-bond donors (Lipinski definition) is 1. The maximum absolute atomic E-state index is 12.4. The van der Waals surface area contributed by atoms with Crippen molar-refractivity contribution in [1.29, 1.82) is 0 Å². The number of aliphatic hydroxyl groups is 1. The Morgan fingerprint density at radius 2 is 2.00 bits per heavy atom. The molecule has 1 aliphatic heterocycles. The number of ether oxygens (including phenoxy) is 1. The van der Waals surface area contributed by atoms with Gasteiger partial charge in [-0.25, -0.2) is 8.78 Å². The van der Waals surface area contributed by atoms with Crippen LogP contribution in [0.15, 0.2) is 24.3 Å². The molecule has 5 heteroatoms. The van der Waals surface area contributed by atoms with Gasteiger partial charge in [-0.2, -0.15) is 0 Å². The molecule has 0 aliphatic carbocycles. The summed E-state index contributed by atoms with van der Waals surface area (Å²) < 4.78 is 30.0. The van der Waals surface area contributed by atoms with Crippen LogP contribution < -0.4 is 0 Å². The molecule has 100 valence electrons. The van der Waals surface area contributed by atoms with Gasteiger partial charge in [-0.05, 0) is 12.6 Å². The number of halogens is 2. The van der Waals surface area contributed by atoms with Crippen molar-refractivity contribution in [3.05, 3.63) is 35.4 Å². The average molecular weight is 257 g/mol. The van der Waals surface area contributed by atoms with Crippen molar-refractivity contribution in [1.82, 2.24) is 4.90 Å². The number of hydrogen-bond acceptors (Lipinski definition) is 3. The first-order valence-corrected chi connectivity index (χ1v) is 5.91. The van der Waals surface area contributed by atoms with E-state index < -0.39 is 12.5 Å². The monoisotopic (exact) mass is 257 g/mol. The second kappa shape index (κ2) is 5.73. The van der Waals surface area contributed by atoms with Gasteiger partial charge < -0.3 is 9.84 Å². The SMILES string of the molecule is CN(Cc1ccc(C(F)F)cc1)[C@@H]1COC[C@H]1O. The summed E-state index contributed by atoms with van der Waals surface area (Å²) in [7, 11) is 1.89. The molecule has 18 heavy (non-hydrogen) atoms. The summed E-state index contributed by atoms with van der Waals surface area (Å²) in [6.45, 7) is 1.47. The number of aliphatic hydroxyl groups excluding tert-OH is 1. The van der Waals surface area contributed by atoms with Gasteiger partial charge >= 0.3 is 0 Å². The van der Waals surface area contributed by atoms with Crippen molar-refractivity contribution >= 4 is 0 Å². The molecule has 1 aromatic rings. The molecule has 0 saturated carbocycles. The van der Waals surface area contributed by atoms with Crippen LogP contribution in [0.2, 0.25) is 0 Å². The lowest BCUT2D eigenvalue weighted by atomic mass is 10.1. The Balaban J connectivity index is 1.96. The smallest absolute Gasteiger partial charge is 0.263 e. The number of rotatable bonds is 4. The van der Waals surface area contributed by atoms with Crippen LogP contribution in [-0.2, 0) is 11.3 Å². The van der Waals surface area contributed by atoms with E-state index in [0.717, 1.165) is 5.56 Å². The Morgan fingerprint density at radius 3 is 2.50 bits per heavy atom. The van der Waals surface area contributed by atoms with Crippen LogP contribution in [0, 0.1) is 0 Å². The molecular formula is C13H17F2NO2. The fraction of sp³-hybridized carbons (Fsp3) is 0.538. The molecule has 0 amide bonds. The molecule has 0 radical (unpaired) electrons. The van der Waals surface area contributed by atoms with Crippen LogP contribution in [0.3, 0.4) is 0 Å². The second-order valence-electron chi connectivity index (χ2n) is 4.63. The van der Waals surface area contributed by atoms with Crippen molar-refractivity contribution in [3.63, 3.8) is 0 Å². The third kappa shape index (κ3) is 3.04. The third-order valence-electron chi connectivity index (χ3n) is 3.25. The maximum atomic E-state index is 12.4. The zero-order valence-corrected chi connectivity index (χ0v) is 10.2. The standard InChI is InChI=1S/C13H17F2NO2/c1-16(11-7-18-8-12(11)17)6-9-2-4-10(5-3-9)13(14)15/h2-5,11-13,17H,6-8H2,1H3/t11-,12-/m1/s1. The third-order valence-corrected chi connectivity index (χ3v) is 3.25. The lowest BCUT2D eigenvalue weighted by molar-refractivity contribution is 0.0925. The molecule has 0 spiro atoms. The molecule has 2 atom stereocenters. The van der Waals surface area contributed by atoms with Crippen molar-refractivity contribution in [2.45, 2.75) is 25.1 Å². The molecular weight excluding hydrogens is 240 g/mol. The van der Waals surface area contributed by atoms with Crippen molar-refractivity contribution in [2.75, 3.05) is 20.3 Å². The van der Waals surface area contributed by atoms with Gasteiger partial charge in [-0.1, -0.05) is 24.3 Å². The molecule has 3 nitrogen and oxygen atoms in total. The van der Waals surface area contributed by atoms with E-state index in [2.05, 4.69) is 0 Å². The van der Waals surface area contributed by atoms with Gasteiger partial charge in [0.1, 0.15) is 0 Å². The van der Waals surface area contributed by atoms with Gasteiger partial charge in [-0.15, -0.1) is 0 Å². The van der Waals surface area contributed by atoms with E-state index in [1.54, 1.807) is 12.1 Å². The Morgan fingerprint density at radius 1 is 1.33 bits per heavy atom. The van der Waals surface area contributed by atoms with E-state index in [9.17, 15) is 13.9 Å². The van der Waals surface area contributed by atoms with Gasteiger partial charge in [0.15, 0.2) is 0 Å². The summed E-state index contributed by atoms with van der Waals surface area (Å²) in [6, 6.07) is 6.24. The second-order valence-corrected chi connectivity index (χ2v) is 4.63. The van der Waals surface area contributed by atoms with Crippen molar-refractivity contribution < 1.29 is 18.6 Å². The molecule has 0 bridgehead atoms. The van der Waals surface area contributed by atoms with Crippen LogP contribution >= 0.6 is 0 Å². The average Bonchev–Trinajstić information content (AvgIpc) is 2.76. The zero-order chi connectivity index (χ0) is 13.1. The number of likely N-dealkylation sites (N-methyl/N-ethyl adjacent to an activating group) is 1. The molecule has 1 saturated heterocycles. The first-order chi connectivity index (χ1) is 8.58. The summed E-state index contributed by atoms with van der Waals surface area (Å²) in [4.78, 5) is 1.98. The van der Waals surface area contributed by atoms with E-state index in [-0.39, 0.29) is 11.6 Å². The normalized spacial score (nSPS) is 24.1. The summed E-state index contributed by atoms with van der Waals surface area (Å²) in [5.41, 5.74) is 0.978. The zero-order valence-electron chi connectivity index (χ0n) is 10.2. The largest absolute Gasteiger partial charge is 0.389 e. The molecule has 1 heterocycles. The lowest BCUT2D eigenvalue weighted by Gasteiger charge is -2.25. The van der Waals surface area contributed by atoms with Crippen LogP contribution in [0.5, 0.6) is 0 Å². The van der Waals surface area contributed by atoms with Crippen molar-refractivity contribution in [3.8, 4) is 0 Å².